The zero-order valence-corrected chi connectivity index (χ0v) is 20.3. The van der Waals surface area contributed by atoms with Gasteiger partial charge in [0.05, 0.1) is 17.6 Å². The second-order valence-corrected chi connectivity index (χ2v) is 8.21. The monoisotopic (exact) mass is 702 g/mol. The number of pyridine rings is 3. The van der Waals surface area contributed by atoms with Gasteiger partial charge in [0, 0.05) is 24.0 Å². The Balaban J connectivity index is 0.000000276. The molecule has 3 aromatic heterocycles. The maximum atomic E-state index is 13.2. The maximum absolute atomic E-state index is 13.2. The van der Waals surface area contributed by atoms with Gasteiger partial charge in [0.25, 0.3) is 0 Å². The van der Waals surface area contributed by atoms with Crippen LogP contribution in [0.25, 0.3) is 22.6 Å². The third-order valence-electron chi connectivity index (χ3n) is 3.43. The quantitative estimate of drug-likeness (QED) is 0.120. The first-order valence-corrected chi connectivity index (χ1v) is 11.0. The minimum Gasteiger partial charge on any atom is -0.302 e. The summed E-state index contributed by atoms with van der Waals surface area (Å²) < 4.78 is 97.5. The summed E-state index contributed by atoms with van der Waals surface area (Å²) in [4.78, 5) is 12.0. The SMILES string of the molecule is F[P-](F)(F)(F)(F)F.Fc1ccc(-c2[c-]cc(F)cc2F)nc1.[Ir+3].c1ccc(-c2ccccn2)nc1. The summed E-state index contributed by atoms with van der Waals surface area (Å²) >= 11 is 0. The van der Waals surface area contributed by atoms with Crippen molar-refractivity contribution in [3.8, 4) is 22.6 Å². The second kappa shape index (κ2) is 11.2. The van der Waals surface area contributed by atoms with E-state index in [1.165, 1.54) is 6.07 Å². The van der Waals surface area contributed by atoms with Crippen LogP contribution in [0.15, 0.2) is 79.3 Å². The van der Waals surface area contributed by atoms with Gasteiger partial charge in [-0.05, 0) is 36.0 Å². The van der Waals surface area contributed by atoms with Crippen LogP contribution >= 0.6 is 7.81 Å². The average molecular weight is 702 g/mol. The molecule has 1 aromatic carbocycles. The van der Waals surface area contributed by atoms with Gasteiger partial charge in [-0.25, -0.2) is 4.39 Å². The number of aromatic nitrogens is 3. The minimum absolute atomic E-state index is 0. The predicted octanol–water partition coefficient (Wildman–Crippen LogP) is 8.49. The van der Waals surface area contributed by atoms with Gasteiger partial charge in [-0.2, -0.15) is 0 Å². The van der Waals surface area contributed by atoms with E-state index in [1.54, 1.807) is 12.4 Å². The molecule has 0 aliphatic carbocycles. The van der Waals surface area contributed by atoms with Gasteiger partial charge in [-0.3, -0.25) is 18.7 Å². The Morgan fingerprint density at radius 1 is 0.629 bits per heavy atom. The molecule has 0 N–H and O–H groups in total. The molecule has 35 heavy (non-hydrogen) atoms. The van der Waals surface area contributed by atoms with E-state index >= 15 is 0 Å². The van der Waals surface area contributed by atoms with Crippen molar-refractivity contribution < 1.29 is 58.5 Å². The second-order valence-electron chi connectivity index (χ2n) is 6.29. The summed E-state index contributed by atoms with van der Waals surface area (Å²) in [6.07, 6.45) is 4.50. The van der Waals surface area contributed by atoms with Crippen LogP contribution in [0, 0.1) is 23.5 Å². The molecule has 4 rings (SSSR count). The normalized spacial score (nSPS) is 12.4. The fourth-order valence-electron chi connectivity index (χ4n) is 2.19. The van der Waals surface area contributed by atoms with Crippen molar-refractivity contribution in [2.24, 2.45) is 0 Å². The molecule has 3 nitrogen and oxygen atoms in total. The molecule has 14 heteroatoms. The number of nitrogens with zero attached hydrogens (tertiary/aromatic N) is 3. The summed E-state index contributed by atoms with van der Waals surface area (Å²) in [7, 11) is -10.7. The fourth-order valence-corrected chi connectivity index (χ4v) is 2.19. The number of hydrogen-bond donors (Lipinski definition) is 0. The molecule has 0 aliphatic rings. The van der Waals surface area contributed by atoms with Crippen molar-refractivity contribution in [1.82, 2.24) is 15.0 Å². The Kier molecular flexibility index (Phi) is 9.68. The zero-order valence-electron chi connectivity index (χ0n) is 17.0. The molecule has 0 radical (unpaired) electrons. The summed E-state index contributed by atoms with van der Waals surface area (Å²) in [5.74, 6) is -1.99. The molecular weight excluding hydrogens is 688 g/mol. The molecule has 0 bridgehead atoms. The Morgan fingerprint density at radius 3 is 1.51 bits per heavy atom. The molecule has 3 heterocycles. The Bertz CT molecular complexity index is 1160. The van der Waals surface area contributed by atoms with Gasteiger partial charge in [-0.15, -0.1) is 12.1 Å². The topological polar surface area (TPSA) is 38.7 Å². The summed E-state index contributed by atoms with van der Waals surface area (Å²) in [5.41, 5.74) is 2.07. The van der Waals surface area contributed by atoms with E-state index in [1.807, 2.05) is 36.4 Å². The van der Waals surface area contributed by atoms with E-state index in [4.69, 9.17) is 0 Å². The number of rotatable bonds is 2. The molecular formula is C21H13F9IrN3P+. The molecule has 0 fully saturated rings. The minimum atomic E-state index is -10.7. The molecule has 188 valence electrons. The van der Waals surface area contributed by atoms with E-state index in [0.29, 0.717) is 0 Å². The Labute approximate surface area is 206 Å². The first-order chi connectivity index (χ1) is 15.6. The van der Waals surface area contributed by atoms with Crippen molar-refractivity contribution in [3.05, 3.63) is 103 Å². The molecule has 0 saturated carbocycles. The van der Waals surface area contributed by atoms with E-state index in [0.717, 1.165) is 35.8 Å². The first kappa shape index (κ1) is 30.2. The molecule has 4 aromatic rings. The number of benzene rings is 1. The van der Waals surface area contributed by atoms with Crippen LogP contribution in [0.1, 0.15) is 0 Å². The van der Waals surface area contributed by atoms with Crippen LogP contribution in [0.5, 0.6) is 0 Å². The van der Waals surface area contributed by atoms with Crippen molar-refractivity contribution in [2.75, 3.05) is 0 Å². The van der Waals surface area contributed by atoms with Crippen molar-refractivity contribution in [2.45, 2.75) is 0 Å². The van der Waals surface area contributed by atoms with E-state index in [-0.39, 0.29) is 31.4 Å². The van der Waals surface area contributed by atoms with Gasteiger partial charge in [-0.1, -0.05) is 29.8 Å². The van der Waals surface area contributed by atoms with Gasteiger partial charge in [0.2, 0.25) is 0 Å². The molecule has 0 saturated heterocycles. The Hall–Kier alpha value is -2.88. The molecule has 0 aliphatic heterocycles. The first-order valence-electron chi connectivity index (χ1n) is 8.96. The van der Waals surface area contributed by atoms with E-state index < -0.39 is 25.3 Å². The zero-order chi connectivity index (χ0) is 25.5. The number of halogens is 9. The average Bonchev–Trinajstić information content (AvgIpc) is 2.74. The van der Waals surface area contributed by atoms with Crippen LogP contribution in [-0.2, 0) is 20.1 Å². The van der Waals surface area contributed by atoms with Crippen LogP contribution in [-0.4, -0.2) is 15.0 Å². The van der Waals surface area contributed by atoms with Crippen LogP contribution in [0.3, 0.4) is 0 Å². The van der Waals surface area contributed by atoms with Gasteiger partial charge >= 0.3 is 53.1 Å². The molecule has 0 spiro atoms. The van der Waals surface area contributed by atoms with Gasteiger partial charge < -0.3 is 4.98 Å². The number of hydrogen-bond acceptors (Lipinski definition) is 3. The van der Waals surface area contributed by atoms with Gasteiger partial charge in [0.15, 0.2) is 0 Å². The van der Waals surface area contributed by atoms with E-state index in [9.17, 15) is 38.4 Å². The standard InChI is InChI=1S/C11H5F3N.C10H8N2.F6P.Ir/c12-7-1-3-9(10(14)5-7)11-4-2-8(13)6-15-11;1-3-7-11-9(5-1)10-6-2-4-8-12-10;1-7(2,3,4,5)6;/h1-2,4-6H;1-8H;;/q-1;;-1;+3. The molecule has 0 amide bonds. The van der Waals surface area contributed by atoms with Crippen LogP contribution < -0.4 is 0 Å². The maximum Gasteiger partial charge on any atom is 3.00 e. The van der Waals surface area contributed by atoms with Gasteiger partial charge in [0.1, 0.15) is 5.82 Å². The predicted molar refractivity (Wildman–Crippen MR) is 109 cm³/mol. The summed E-state index contributed by atoms with van der Waals surface area (Å²) in [6.45, 7) is 0. The van der Waals surface area contributed by atoms with Crippen molar-refractivity contribution >= 4 is 7.81 Å². The third-order valence-corrected chi connectivity index (χ3v) is 3.43. The molecule has 0 atom stereocenters. The fraction of sp³-hybridized carbons (Fsp3) is 0. The van der Waals surface area contributed by atoms with Crippen LogP contribution in [0.2, 0.25) is 0 Å². The van der Waals surface area contributed by atoms with E-state index in [2.05, 4.69) is 21.0 Å². The summed E-state index contributed by atoms with van der Waals surface area (Å²) in [6, 6.07) is 18.2. The molecule has 0 unspecified atom stereocenters. The third kappa shape index (κ3) is 13.6. The van der Waals surface area contributed by atoms with Crippen molar-refractivity contribution in [1.29, 1.82) is 0 Å². The largest absolute Gasteiger partial charge is 3.00 e. The Morgan fingerprint density at radius 2 is 1.14 bits per heavy atom. The van der Waals surface area contributed by atoms with Crippen LogP contribution in [0.4, 0.5) is 38.4 Å². The summed E-state index contributed by atoms with van der Waals surface area (Å²) in [5, 5.41) is 0. The van der Waals surface area contributed by atoms with Crippen molar-refractivity contribution in [3.63, 3.8) is 0 Å². The smallest absolute Gasteiger partial charge is 0.302 e.